The van der Waals surface area contributed by atoms with Crippen molar-refractivity contribution in [3.63, 3.8) is 0 Å². The number of cyclic esters (lactones) is 1. The fourth-order valence-corrected chi connectivity index (χ4v) is 8.95. The first-order chi connectivity index (χ1) is 31.1. The highest BCUT2D eigenvalue weighted by Crippen LogP contribution is 2.42. The summed E-state index contributed by atoms with van der Waals surface area (Å²) in [5, 5.41) is 21.5. The van der Waals surface area contributed by atoms with E-state index in [4.69, 9.17) is 14.7 Å². The largest absolute Gasteiger partial charge is 0.458 e. The Hall–Kier alpha value is -7.07. The highest BCUT2D eigenvalue weighted by Gasteiger charge is 2.45. The second-order valence-electron chi connectivity index (χ2n) is 17.2. The molecule has 0 saturated heterocycles. The number of fused-ring (bicyclic) bond motifs is 7. The fraction of sp³-hybridized carbons (Fsp3) is 0.367. The Morgan fingerprint density at radius 2 is 1.58 bits per heavy atom. The molecule has 0 spiro atoms. The topological polar surface area (TPSA) is 219 Å². The van der Waals surface area contributed by atoms with Gasteiger partial charge in [-0.2, -0.15) is 0 Å². The van der Waals surface area contributed by atoms with E-state index in [2.05, 4.69) is 28.9 Å². The number of nitrogens with zero attached hydrogens (tertiary/aromatic N) is 4. The summed E-state index contributed by atoms with van der Waals surface area (Å²) in [7, 11) is 0. The lowest BCUT2D eigenvalue weighted by Crippen LogP contribution is -2.53. The van der Waals surface area contributed by atoms with Gasteiger partial charge in [0, 0.05) is 64.5 Å². The van der Waals surface area contributed by atoms with E-state index in [1.54, 1.807) is 56.7 Å². The van der Waals surface area contributed by atoms with Crippen LogP contribution in [0.2, 0.25) is 0 Å². The van der Waals surface area contributed by atoms with Crippen molar-refractivity contribution < 1.29 is 38.6 Å². The third-order valence-corrected chi connectivity index (χ3v) is 12.7. The molecule has 3 aliphatic rings. The molecule has 336 valence electrons. The van der Waals surface area contributed by atoms with E-state index in [1.165, 1.54) is 17.1 Å². The zero-order valence-electron chi connectivity index (χ0n) is 36.9. The number of aryl methyl sites for hydroxylation is 1. The molecule has 65 heavy (non-hydrogen) atoms. The molecular formula is C49H51N7O9. The van der Waals surface area contributed by atoms with E-state index >= 15 is 0 Å². The molecule has 5 aromatic rings. The maximum atomic E-state index is 13.9. The number of benzene rings is 2. The van der Waals surface area contributed by atoms with Gasteiger partial charge in [-0.1, -0.05) is 46.2 Å². The highest BCUT2D eigenvalue weighted by atomic mass is 16.6. The number of pyridine rings is 3. The molecule has 0 unspecified atom stereocenters. The van der Waals surface area contributed by atoms with Crippen LogP contribution in [0.4, 0.5) is 5.69 Å². The summed E-state index contributed by atoms with van der Waals surface area (Å²) in [6.45, 7) is 9.28. The van der Waals surface area contributed by atoms with E-state index < -0.39 is 35.5 Å². The van der Waals surface area contributed by atoms with Crippen LogP contribution in [-0.4, -0.2) is 78.7 Å². The molecule has 2 aromatic carbocycles. The first-order valence-corrected chi connectivity index (χ1v) is 22.1. The Morgan fingerprint density at radius 3 is 2.28 bits per heavy atom. The monoisotopic (exact) mass is 881 g/mol. The molecule has 5 amide bonds. The van der Waals surface area contributed by atoms with Gasteiger partial charge in [0.15, 0.2) is 5.60 Å². The first-order valence-electron chi connectivity index (χ1n) is 22.1. The minimum Gasteiger partial charge on any atom is -0.458 e. The van der Waals surface area contributed by atoms with Crippen molar-refractivity contribution in [3.8, 4) is 22.5 Å². The van der Waals surface area contributed by atoms with E-state index in [1.807, 2.05) is 24.3 Å². The number of anilines is 1. The van der Waals surface area contributed by atoms with Gasteiger partial charge in [0.2, 0.25) is 17.7 Å². The normalized spacial score (nSPS) is 17.2. The molecule has 0 fully saturated rings. The lowest BCUT2D eigenvalue weighted by molar-refractivity contribution is -0.172. The van der Waals surface area contributed by atoms with Gasteiger partial charge >= 0.3 is 5.97 Å². The Kier molecular flexibility index (Phi) is 12.2. The highest BCUT2D eigenvalue weighted by molar-refractivity contribution is 6.13. The van der Waals surface area contributed by atoms with Crippen LogP contribution in [0.25, 0.3) is 44.3 Å². The molecule has 0 aliphatic carbocycles. The van der Waals surface area contributed by atoms with Crippen LogP contribution >= 0.6 is 0 Å². The van der Waals surface area contributed by atoms with E-state index in [-0.39, 0.29) is 72.9 Å². The number of amides is 5. The van der Waals surface area contributed by atoms with E-state index in [0.29, 0.717) is 42.8 Å². The molecule has 16 heteroatoms. The Balaban J connectivity index is 0.934. The van der Waals surface area contributed by atoms with Crippen LogP contribution < -0.4 is 21.5 Å². The number of nitrogens with one attached hydrogen (secondary N) is 3. The molecule has 8 rings (SSSR count). The molecule has 0 bridgehead atoms. The van der Waals surface area contributed by atoms with Gasteiger partial charge in [0.05, 0.1) is 34.5 Å². The number of aliphatic hydroxyl groups is 1. The summed E-state index contributed by atoms with van der Waals surface area (Å²) in [5.41, 5.74) is 5.08. The zero-order valence-corrected chi connectivity index (χ0v) is 36.9. The van der Waals surface area contributed by atoms with Crippen molar-refractivity contribution in [2.75, 3.05) is 11.9 Å². The summed E-state index contributed by atoms with van der Waals surface area (Å²) in [6, 6.07) is 13.1. The minimum absolute atomic E-state index is 0.0562. The minimum atomic E-state index is -1.92. The number of carbonyl (C=O) groups is 6. The number of hydrogen-bond donors (Lipinski definition) is 4. The van der Waals surface area contributed by atoms with Gasteiger partial charge in [0.1, 0.15) is 18.7 Å². The number of rotatable bonds is 15. The molecule has 0 saturated carbocycles. The maximum Gasteiger partial charge on any atom is 0.343 e. The van der Waals surface area contributed by atoms with E-state index in [9.17, 15) is 38.7 Å². The average molecular weight is 882 g/mol. The van der Waals surface area contributed by atoms with Gasteiger partial charge in [0.25, 0.3) is 17.4 Å². The van der Waals surface area contributed by atoms with Gasteiger partial charge < -0.3 is 30.4 Å². The van der Waals surface area contributed by atoms with E-state index in [0.717, 1.165) is 44.1 Å². The van der Waals surface area contributed by atoms with Gasteiger partial charge in [-0.05, 0) is 86.1 Å². The Morgan fingerprint density at radius 1 is 0.862 bits per heavy atom. The lowest BCUT2D eigenvalue weighted by Gasteiger charge is -2.31. The van der Waals surface area contributed by atoms with Gasteiger partial charge in [-0.3, -0.25) is 38.7 Å². The van der Waals surface area contributed by atoms with Crippen LogP contribution in [0.15, 0.2) is 71.7 Å². The quantitative estimate of drug-likeness (QED) is 0.0469. The summed E-state index contributed by atoms with van der Waals surface area (Å²) in [6.07, 6.45) is 6.84. The second-order valence-corrected chi connectivity index (χ2v) is 17.2. The van der Waals surface area contributed by atoms with Crippen molar-refractivity contribution in [1.82, 2.24) is 30.1 Å². The molecule has 3 aliphatic heterocycles. The first kappa shape index (κ1) is 44.5. The average Bonchev–Trinajstić information content (AvgIpc) is 3.83. The Bertz CT molecular complexity index is 2890. The van der Waals surface area contributed by atoms with Crippen molar-refractivity contribution in [2.45, 2.75) is 104 Å². The number of esters is 1. The summed E-state index contributed by atoms with van der Waals surface area (Å²) >= 11 is 0. The Labute approximate surface area is 374 Å². The molecular weight excluding hydrogens is 831 g/mol. The number of ether oxygens (including phenoxy) is 1. The maximum absolute atomic E-state index is 13.9. The van der Waals surface area contributed by atoms with Crippen molar-refractivity contribution in [2.24, 2.45) is 5.92 Å². The van der Waals surface area contributed by atoms with Crippen LogP contribution in [0.1, 0.15) is 89.0 Å². The van der Waals surface area contributed by atoms with Gasteiger partial charge in [-0.15, -0.1) is 0 Å². The fourth-order valence-electron chi connectivity index (χ4n) is 8.95. The van der Waals surface area contributed by atoms with Crippen LogP contribution in [0.3, 0.4) is 0 Å². The zero-order chi connectivity index (χ0) is 46.3. The SMILES string of the molecule is CCc1c2c(nc3ccc4ncc(-c5ccc(NC(=O)[C@H](C)NC(=O)[C@@H](NC(=O)CCCCCN6C(=O)C=CC6=O)C(C)C)cc5)cc4c13)-c1cc3c(c(=O)n1C2)COC(=O)[C@]3(O)CC. The van der Waals surface area contributed by atoms with Crippen LogP contribution in [0.5, 0.6) is 0 Å². The van der Waals surface area contributed by atoms with Gasteiger partial charge in [-0.25, -0.2) is 9.78 Å². The molecule has 0 radical (unpaired) electrons. The predicted molar refractivity (Wildman–Crippen MR) is 242 cm³/mol. The lowest BCUT2D eigenvalue weighted by atomic mass is 9.86. The number of imide groups is 1. The summed E-state index contributed by atoms with van der Waals surface area (Å²) < 4.78 is 6.89. The smallest absolute Gasteiger partial charge is 0.343 e. The molecule has 4 N–H and O–H groups in total. The van der Waals surface area contributed by atoms with Crippen molar-refractivity contribution in [1.29, 1.82) is 0 Å². The third-order valence-electron chi connectivity index (χ3n) is 12.7. The van der Waals surface area contributed by atoms with Crippen LogP contribution in [0, 0.1) is 5.92 Å². The van der Waals surface area contributed by atoms with Crippen LogP contribution in [-0.2, 0) is 58.7 Å². The second kappa shape index (κ2) is 17.8. The standard InChI is InChI=1S/C49H51N7O9/c1-6-31-33-24-56-38(22-35-34(47(56)62)25-65-48(63)49(35,64)7-2)44(33)53-37-17-16-36-32(42(31)37)21-29(23-50-36)28-12-14-30(15-13-28)52-45(60)27(5)51-46(61)43(26(3)4)54-39(57)11-9-8-10-20-55-40(58)18-19-41(55)59/h12-19,21-23,26-27,43,64H,6-11,20,24-25H2,1-5H3,(H,51,61)(H,52,60)(H,54,57)/t27-,43-,49-/m0/s1. The van der Waals surface area contributed by atoms with Crippen molar-refractivity contribution in [3.05, 3.63) is 99.5 Å². The third kappa shape index (κ3) is 8.29. The number of carbonyl (C=O) groups excluding carboxylic acids is 6. The number of unbranched alkanes of at least 4 members (excludes halogenated alkanes) is 2. The molecule has 3 aromatic heterocycles. The molecule has 16 nitrogen and oxygen atoms in total. The summed E-state index contributed by atoms with van der Waals surface area (Å²) in [5.74, 6) is -2.92. The summed E-state index contributed by atoms with van der Waals surface area (Å²) in [4.78, 5) is 100. The number of aromatic nitrogens is 3. The number of hydrogen-bond acceptors (Lipinski definition) is 11. The molecule has 6 heterocycles. The van der Waals surface area contributed by atoms with Crippen molar-refractivity contribution >= 4 is 63.0 Å². The predicted octanol–water partition coefficient (Wildman–Crippen LogP) is 4.93. The molecule has 3 atom stereocenters.